The number of hydrogen-bond acceptors (Lipinski definition) is 6. The predicted octanol–water partition coefficient (Wildman–Crippen LogP) is 1.17. The van der Waals surface area contributed by atoms with Crippen molar-refractivity contribution in [3.63, 3.8) is 0 Å². The molecule has 0 bridgehead atoms. The van der Waals surface area contributed by atoms with Crippen molar-refractivity contribution in [2.45, 2.75) is 26.2 Å². The number of ether oxygens (including phenoxy) is 1. The van der Waals surface area contributed by atoms with E-state index in [0.717, 1.165) is 51.3 Å². The summed E-state index contributed by atoms with van der Waals surface area (Å²) in [7, 11) is 5.73. The van der Waals surface area contributed by atoms with E-state index in [1.807, 2.05) is 17.9 Å². The van der Waals surface area contributed by atoms with Gasteiger partial charge in [-0.1, -0.05) is 0 Å². The number of nitrogens with zero attached hydrogens (tertiary/aromatic N) is 5. The molecule has 1 aromatic heterocycles. The highest BCUT2D eigenvalue weighted by Crippen LogP contribution is 2.17. The van der Waals surface area contributed by atoms with Crippen molar-refractivity contribution in [1.29, 1.82) is 0 Å². The Labute approximate surface area is 144 Å². The number of piperazine rings is 1. The predicted molar refractivity (Wildman–Crippen MR) is 94.5 cm³/mol. The molecule has 0 aliphatic carbocycles. The summed E-state index contributed by atoms with van der Waals surface area (Å²) in [5.74, 6) is 1.53. The van der Waals surface area contributed by atoms with Crippen LogP contribution >= 0.6 is 0 Å². The Morgan fingerprint density at radius 3 is 2.54 bits per heavy atom. The molecule has 0 atom stereocenters. The van der Waals surface area contributed by atoms with Gasteiger partial charge in [0.2, 0.25) is 17.7 Å². The molecule has 24 heavy (non-hydrogen) atoms. The van der Waals surface area contributed by atoms with Gasteiger partial charge in [0, 0.05) is 44.4 Å². The van der Waals surface area contributed by atoms with E-state index in [9.17, 15) is 4.79 Å². The second-order valence-electron chi connectivity index (χ2n) is 6.48. The first-order valence-corrected chi connectivity index (χ1v) is 8.56. The van der Waals surface area contributed by atoms with Crippen molar-refractivity contribution < 1.29 is 9.53 Å². The number of aromatic nitrogens is 2. The topological polar surface area (TPSA) is 61.8 Å². The SMILES string of the molecule is COc1cc(C)nc(N2CCN(C(=O)CCCCN(C)C)CC2)n1. The highest BCUT2D eigenvalue weighted by Gasteiger charge is 2.22. The molecule has 1 fully saturated rings. The van der Waals surface area contributed by atoms with Crippen LogP contribution in [0.4, 0.5) is 5.95 Å². The standard InChI is InChI=1S/C17H29N5O2/c1-14-13-15(24-4)19-17(18-14)22-11-9-21(10-12-22)16(23)7-5-6-8-20(2)3/h13H,5-12H2,1-4H3. The number of amides is 1. The minimum absolute atomic E-state index is 0.260. The van der Waals surface area contributed by atoms with Crippen molar-refractivity contribution in [3.8, 4) is 5.88 Å². The maximum Gasteiger partial charge on any atom is 0.228 e. The Hall–Kier alpha value is -1.89. The highest BCUT2D eigenvalue weighted by molar-refractivity contribution is 5.76. The maximum atomic E-state index is 12.3. The Morgan fingerprint density at radius 2 is 1.92 bits per heavy atom. The van der Waals surface area contributed by atoms with Crippen LogP contribution < -0.4 is 9.64 Å². The van der Waals surface area contributed by atoms with Crippen LogP contribution in [0, 0.1) is 6.92 Å². The smallest absolute Gasteiger partial charge is 0.228 e. The highest BCUT2D eigenvalue weighted by atomic mass is 16.5. The number of carbonyl (C=O) groups excluding carboxylic acids is 1. The summed E-state index contributed by atoms with van der Waals surface area (Å²) in [5, 5.41) is 0. The Bertz CT molecular complexity index is 542. The van der Waals surface area contributed by atoms with E-state index < -0.39 is 0 Å². The molecule has 1 amide bonds. The van der Waals surface area contributed by atoms with Gasteiger partial charge in [-0.25, -0.2) is 4.98 Å². The average Bonchev–Trinajstić information content (AvgIpc) is 2.58. The van der Waals surface area contributed by atoms with E-state index in [0.29, 0.717) is 18.2 Å². The van der Waals surface area contributed by atoms with Crippen LogP contribution in [-0.4, -0.2) is 79.6 Å². The second-order valence-corrected chi connectivity index (χ2v) is 6.48. The Balaban J connectivity index is 1.80. The summed E-state index contributed by atoms with van der Waals surface area (Å²) < 4.78 is 5.21. The van der Waals surface area contributed by atoms with Crippen LogP contribution in [0.15, 0.2) is 6.07 Å². The number of carbonyl (C=O) groups is 1. The molecular weight excluding hydrogens is 306 g/mol. The molecule has 0 N–H and O–H groups in total. The fourth-order valence-corrected chi connectivity index (χ4v) is 2.79. The lowest BCUT2D eigenvalue weighted by Crippen LogP contribution is -2.49. The first kappa shape index (κ1) is 18.4. The lowest BCUT2D eigenvalue weighted by Gasteiger charge is -2.35. The molecule has 134 valence electrons. The summed E-state index contributed by atoms with van der Waals surface area (Å²) in [5.41, 5.74) is 0.885. The number of aryl methyl sites for hydroxylation is 1. The van der Waals surface area contributed by atoms with Gasteiger partial charge in [0.1, 0.15) is 0 Å². The van der Waals surface area contributed by atoms with Crippen LogP contribution in [0.3, 0.4) is 0 Å². The van der Waals surface area contributed by atoms with Crippen LogP contribution in [-0.2, 0) is 4.79 Å². The zero-order valence-electron chi connectivity index (χ0n) is 15.3. The summed E-state index contributed by atoms with van der Waals surface area (Å²) in [6, 6.07) is 1.82. The minimum atomic E-state index is 0.260. The Morgan fingerprint density at radius 1 is 1.21 bits per heavy atom. The summed E-state index contributed by atoms with van der Waals surface area (Å²) in [6.07, 6.45) is 2.66. The largest absolute Gasteiger partial charge is 0.481 e. The molecule has 1 saturated heterocycles. The van der Waals surface area contributed by atoms with Gasteiger partial charge >= 0.3 is 0 Å². The molecule has 2 rings (SSSR count). The summed E-state index contributed by atoms with van der Waals surface area (Å²) in [4.78, 5) is 27.4. The quantitative estimate of drug-likeness (QED) is 0.697. The van der Waals surface area contributed by atoms with Crippen molar-refractivity contribution in [1.82, 2.24) is 19.8 Å². The van der Waals surface area contributed by atoms with Crippen molar-refractivity contribution >= 4 is 11.9 Å². The van der Waals surface area contributed by atoms with E-state index in [4.69, 9.17) is 4.74 Å². The number of hydrogen-bond donors (Lipinski definition) is 0. The summed E-state index contributed by atoms with van der Waals surface area (Å²) >= 11 is 0. The molecule has 0 aromatic carbocycles. The Kier molecular flexibility index (Phi) is 6.78. The molecule has 1 aliphatic heterocycles. The molecule has 1 aliphatic rings. The molecule has 2 heterocycles. The third kappa shape index (κ3) is 5.33. The molecular formula is C17H29N5O2. The van der Waals surface area contributed by atoms with E-state index in [1.54, 1.807) is 7.11 Å². The number of anilines is 1. The maximum absolute atomic E-state index is 12.3. The number of methoxy groups -OCH3 is 1. The van der Waals surface area contributed by atoms with Gasteiger partial charge in [-0.2, -0.15) is 4.98 Å². The van der Waals surface area contributed by atoms with E-state index >= 15 is 0 Å². The molecule has 7 nitrogen and oxygen atoms in total. The molecule has 0 saturated carbocycles. The fourth-order valence-electron chi connectivity index (χ4n) is 2.79. The third-order valence-electron chi connectivity index (χ3n) is 4.19. The van der Waals surface area contributed by atoms with Crippen LogP contribution in [0.2, 0.25) is 0 Å². The number of rotatable bonds is 7. The molecule has 0 spiro atoms. The zero-order chi connectivity index (χ0) is 17.5. The fraction of sp³-hybridized carbons (Fsp3) is 0.706. The van der Waals surface area contributed by atoms with Crippen molar-refractivity contribution in [2.75, 3.05) is 58.8 Å². The average molecular weight is 335 g/mol. The first-order valence-electron chi connectivity index (χ1n) is 8.56. The van der Waals surface area contributed by atoms with Crippen molar-refractivity contribution in [2.24, 2.45) is 0 Å². The third-order valence-corrected chi connectivity index (χ3v) is 4.19. The van der Waals surface area contributed by atoms with E-state index in [2.05, 4.69) is 33.9 Å². The van der Waals surface area contributed by atoms with Crippen LogP contribution in [0.1, 0.15) is 25.0 Å². The molecule has 0 unspecified atom stereocenters. The molecule has 0 radical (unpaired) electrons. The van der Waals surface area contributed by atoms with E-state index in [-0.39, 0.29) is 5.91 Å². The van der Waals surface area contributed by atoms with E-state index in [1.165, 1.54) is 0 Å². The first-order chi connectivity index (χ1) is 11.5. The van der Waals surface area contributed by atoms with Crippen molar-refractivity contribution in [3.05, 3.63) is 11.8 Å². The van der Waals surface area contributed by atoms with Crippen LogP contribution in [0.5, 0.6) is 5.88 Å². The normalized spacial score (nSPS) is 15.0. The van der Waals surface area contributed by atoms with Gasteiger partial charge < -0.3 is 19.4 Å². The number of unbranched alkanes of at least 4 members (excludes halogenated alkanes) is 1. The van der Waals surface area contributed by atoms with Gasteiger partial charge in [-0.05, 0) is 40.4 Å². The minimum Gasteiger partial charge on any atom is -0.481 e. The summed E-state index contributed by atoms with van der Waals surface area (Å²) in [6.45, 7) is 5.94. The van der Waals surface area contributed by atoms with Gasteiger partial charge in [-0.3, -0.25) is 4.79 Å². The molecule has 1 aromatic rings. The lowest BCUT2D eigenvalue weighted by molar-refractivity contribution is -0.131. The van der Waals surface area contributed by atoms with Gasteiger partial charge in [-0.15, -0.1) is 0 Å². The monoisotopic (exact) mass is 335 g/mol. The van der Waals surface area contributed by atoms with Crippen LogP contribution in [0.25, 0.3) is 0 Å². The van der Waals surface area contributed by atoms with Gasteiger partial charge in [0.25, 0.3) is 0 Å². The second kappa shape index (κ2) is 8.82. The molecule has 7 heteroatoms. The lowest BCUT2D eigenvalue weighted by atomic mass is 10.2. The zero-order valence-corrected chi connectivity index (χ0v) is 15.3. The van der Waals surface area contributed by atoms with Gasteiger partial charge in [0.15, 0.2) is 0 Å². The van der Waals surface area contributed by atoms with Gasteiger partial charge in [0.05, 0.1) is 7.11 Å².